The van der Waals surface area contributed by atoms with E-state index in [-0.39, 0.29) is 11.8 Å². The molecule has 0 saturated carbocycles. The van der Waals surface area contributed by atoms with Crippen molar-refractivity contribution in [3.8, 4) is 11.1 Å². The molecule has 0 N–H and O–H groups in total. The lowest BCUT2D eigenvalue weighted by atomic mass is 9.89. The summed E-state index contributed by atoms with van der Waals surface area (Å²) in [6, 6.07) is 9.68. The van der Waals surface area contributed by atoms with Gasteiger partial charge >= 0.3 is 0 Å². The maximum absolute atomic E-state index is 12.9. The molecule has 0 bridgehead atoms. The average Bonchev–Trinajstić information content (AvgIpc) is 3.33. The number of carbonyl (C=O) groups is 1. The molecule has 4 rings (SSSR count). The highest BCUT2D eigenvalue weighted by atomic mass is 35.5. The van der Waals surface area contributed by atoms with Crippen LogP contribution in [0, 0.1) is 0 Å². The molecule has 3 aromatic rings. The lowest BCUT2D eigenvalue weighted by Crippen LogP contribution is -2.39. The Kier molecular flexibility index (Phi) is 7.05. The van der Waals surface area contributed by atoms with Crippen LogP contribution in [0.2, 0.25) is 5.02 Å². The van der Waals surface area contributed by atoms with Gasteiger partial charge in [-0.05, 0) is 43.0 Å². The molecule has 8 heteroatoms. The first-order chi connectivity index (χ1) is 15.5. The van der Waals surface area contributed by atoms with E-state index in [0.29, 0.717) is 23.9 Å². The zero-order valence-electron chi connectivity index (χ0n) is 18.6. The van der Waals surface area contributed by atoms with E-state index in [2.05, 4.69) is 10.1 Å². The Morgan fingerprint density at radius 2 is 2.06 bits per heavy atom. The molecule has 1 saturated heterocycles. The normalized spacial score (nSPS) is 16.2. The number of anilines is 1. The monoisotopic (exact) mass is 452 g/mol. The molecule has 7 nitrogen and oxygen atoms in total. The van der Waals surface area contributed by atoms with Crippen molar-refractivity contribution in [3.05, 3.63) is 59.6 Å². The van der Waals surface area contributed by atoms with Crippen molar-refractivity contribution in [3.63, 3.8) is 0 Å². The molecule has 1 aliphatic rings. The van der Waals surface area contributed by atoms with Gasteiger partial charge in [-0.15, -0.1) is 0 Å². The number of rotatable bonds is 7. The topological polar surface area (TPSA) is 67.2 Å². The van der Waals surface area contributed by atoms with E-state index in [9.17, 15) is 4.79 Å². The third-order valence-corrected chi connectivity index (χ3v) is 6.11. The highest BCUT2D eigenvalue weighted by Gasteiger charge is 2.28. The van der Waals surface area contributed by atoms with Crippen LogP contribution in [-0.2, 0) is 11.3 Å². The van der Waals surface area contributed by atoms with E-state index in [1.165, 1.54) is 0 Å². The van der Waals surface area contributed by atoms with Crippen LogP contribution in [0.1, 0.15) is 37.3 Å². The zero-order valence-corrected chi connectivity index (χ0v) is 19.4. The Balaban J connectivity index is 1.51. The predicted octanol–water partition coefficient (Wildman–Crippen LogP) is 4.25. The highest BCUT2D eigenvalue weighted by Crippen LogP contribution is 2.34. The number of halogens is 1. The molecule has 1 aromatic carbocycles. The average molecular weight is 453 g/mol. The number of carbonyl (C=O) groups excluding carboxylic acids is 1. The lowest BCUT2D eigenvalue weighted by molar-refractivity contribution is -0.132. The van der Waals surface area contributed by atoms with Gasteiger partial charge in [-0.2, -0.15) is 5.10 Å². The summed E-state index contributed by atoms with van der Waals surface area (Å²) in [5, 5.41) is 4.91. The SMILES string of the molecule is CN(C)c1ncc(-c2ccc(Cl)cc2)c(C2CCCN(C(=O)CCCn3cccn3)C2)n1. The van der Waals surface area contributed by atoms with E-state index < -0.39 is 0 Å². The minimum atomic E-state index is 0.172. The Morgan fingerprint density at radius 1 is 1.25 bits per heavy atom. The third-order valence-electron chi connectivity index (χ3n) is 5.86. The lowest BCUT2D eigenvalue weighted by Gasteiger charge is -2.33. The molecule has 3 heterocycles. The van der Waals surface area contributed by atoms with Gasteiger partial charge in [0.25, 0.3) is 0 Å². The van der Waals surface area contributed by atoms with Gasteiger partial charge in [-0.1, -0.05) is 23.7 Å². The van der Waals surface area contributed by atoms with Crippen molar-refractivity contribution in [2.24, 2.45) is 0 Å². The number of aryl methyl sites for hydroxylation is 1. The van der Waals surface area contributed by atoms with Gasteiger partial charge in [0.05, 0.1) is 5.69 Å². The number of benzene rings is 1. The second-order valence-electron chi connectivity index (χ2n) is 8.42. The van der Waals surface area contributed by atoms with Crippen LogP contribution < -0.4 is 4.90 Å². The quantitative estimate of drug-likeness (QED) is 0.536. The fourth-order valence-corrected chi connectivity index (χ4v) is 4.30. The Hall–Kier alpha value is -2.93. The molecular formula is C24H29ClN6O. The molecule has 0 aliphatic carbocycles. The summed E-state index contributed by atoms with van der Waals surface area (Å²) in [5.41, 5.74) is 3.04. The number of nitrogens with zero attached hydrogens (tertiary/aromatic N) is 6. The first-order valence-electron chi connectivity index (χ1n) is 11.1. The van der Waals surface area contributed by atoms with Gasteiger partial charge in [0, 0.05) is 75.2 Å². The molecule has 168 valence electrons. The van der Waals surface area contributed by atoms with Crippen molar-refractivity contribution in [2.45, 2.75) is 38.1 Å². The summed E-state index contributed by atoms with van der Waals surface area (Å²) in [5.74, 6) is 1.06. The van der Waals surface area contributed by atoms with E-state index in [0.717, 1.165) is 49.2 Å². The fraction of sp³-hybridized carbons (Fsp3) is 0.417. The Bertz CT molecular complexity index is 1040. The van der Waals surface area contributed by atoms with Gasteiger partial charge in [0.15, 0.2) is 0 Å². The van der Waals surface area contributed by atoms with Gasteiger partial charge in [0.1, 0.15) is 0 Å². The predicted molar refractivity (Wildman–Crippen MR) is 127 cm³/mol. The van der Waals surface area contributed by atoms with Crippen molar-refractivity contribution < 1.29 is 4.79 Å². The van der Waals surface area contributed by atoms with Gasteiger partial charge in [-0.25, -0.2) is 9.97 Å². The van der Waals surface area contributed by atoms with Crippen LogP contribution in [0.5, 0.6) is 0 Å². The summed E-state index contributed by atoms with van der Waals surface area (Å²) in [6.07, 6.45) is 8.87. The number of hydrogen-bond acceptors (Lipinski definition) is 5. The first kappa shape index (κ1) is 22.3. The van der Waals surface area contributed by atoms with Crippen molar-refractivity contribution in [1.29, 1.82) is 0 Å². The Labute approximate surface area is 194 Å². The summed E-state index contributed by atoms with van der Waals surface area (Å²) in [6.45, 7) is 2.25. The van der Waals surface area contributed by atoms with E-state index >= 15 is 0 Å². The summed E-state index contributed by atoms with van der Waals surface area (Å²) in [7, 11) is 3.88. The van der Waals surface area contributed by atoms with Gasteiger partial charge < -0.3 is 9.80 Å². The Morgan fingerprint density at radius 3 is 2.78 bits per heavy atom. The molecule has 32 heavy (non-hydrogen) atoms. The molecule has 1 atom stereocenters. The second kappa shape index (κ2) is 10.1. The van der Waals surface area contributed by atoms with Crippen LogP contribution in [0.15, 0.2) is 48.9 Å². The zero-order chi connectivity index (χ0) is 22.5. The summed E-state index contributed by atoms with van der Waals surface area (Å²) >= 11 is 6.10. The minimum Gasteiger partial charge on any atom is -0.347 e. The third kappa shape index (κ3) is 5.27. The molecule has 0 radical (unpaired) electrons. The molecular weight excluding hydrogens is 424 g/mol. The van der Waals surface area contributed by atoms with Crippen LogP contribution in [0.3, 0.4) is 0 Å². The largest absolute Gasteiger partial charge is 0.347 e. The molecule has 1 amide bonds. The van der Waals surface area contributed by atoms with E-state index in [4.69, 9.17) is 16.6 Å². The standard InChI is InChI=1S/C24H29ClN6O/c1-29(2)24-26-16-21(18-8-10-20(25)11-9-18)23(28-24)19-6-3-13-30(17-19)22(32)7-4-14-31-15-5-12-27-31/h5,8-12,15-16,19H,3-4,6-7,13-14,17H2,1-2H3. The van der Waals surface area contributed by atoms with Gasteiger partial charge in [-0.3, -0.25) is 9.48 Å². The molecule has 1 aliphatic heterocycles. The van der Waals surface area contributed by atoms with Crippen molar-refractivity contribution in [1.82, 2.24) is 24.6 Å². The molecule has 2 aromatic heterocycles. The number of amides is 1. The molecule has 1 unspecified atom stereocenters. The van der Waals surface area contributed by atoms with Crippen molar-refractivity contribution >= 4 is 23.5 Å². The summed E-state index contributed by atoms with van der Waals surface area (Å²) < 4.78 is 1.87. The maximum Gasteiger partial charge on any atom is 0.225 e. The number of aromatic nitrogens is 4. The van der Waals surface area contributed by atoms with Crippen molar-refractivity contribution in [2.75, 3.05) is 32.1 Å². The second-order valence-corrected chi connectivity index (χ2v) is 8.86. The maximum atomic E-state index is 12.9. The molecule has 1 fully saturated rings. The number of hydrogen-bond donors (Lipinski definition) is 0. The first-order valence-corrected chi connectivity index (χ1v) is 11.4. The van der Waals surface area contributed by atoms with Gasteiger partial charge in [0.2, 0.25) is 11.9 Å². The van der Waals surface area contributed by atoms with E-state index in [1.807, 2.05) is 71.3 Å². The summed E-state index contributed by atoms with van der Waals surface area (Å²) in [4.78, 5) is 26.3. The fourth-order valence-electron chi connectivity index (χ4n) is 4.17. The van der Waals surface area contributed by atoms with Crippen LogP contribution in [-0.4, -0.2) is 57.7 Å². The molecule has 0 spiro atoms. The van der Waals surface area contributed by atoms with Crippen LogP contribution >= 0.6 is 11.6 Å². The highest BCUT2D eigenvalue weighted by molar-refractivity contribution is 6.30. The number of piperidine rings is 1. The minimum absolute atomic E-state index is 0.172. The number of likely N-dealkylation sites (tertiary alicyclic amines) is 1. The smallest absolute Gasteiger partial charge is 0.225 e. The van der Waals surface area contributed by atoms with Crippen LogP contribution in [0.4, 0.5) is 5.95 Å². The van der Waals surface area contributed by atoms with Crippen LogP contribution in [0.25, 0.3) is 11.1 Å². The van der Waals surface area contributed by atoms with E-state index in [1.54, 1.807) is 6.20 Å².